The van der Waals surface area contributed by atoms with Gasteiger partial charge in [0.15, 0.2) is 0 Å². The minimum absolute atomic E-state index is 0.622. The monoisotopic (exact) mass is 285 g/mol. The van der Waals surface area contributed by atoms with Crippen molar-refractivity contribution in [3.8, 4) is 11.5 Å². The van der Waals surface area contributed by atoms with Crippen LogP contribution in [-0.2, 0) is 6.54 Å². The van der Waals surface area contributed by atoms with Gasteiger partial charge in [0.2, 0.25) is 11.8 Å². The van der Waals surface area contributed by atoms with Crippen LogP contribution in [0.1, 0.15) is 37.6 Å². The fraction of sp³-hybridized carbons (Fsp3) is 0.529. The summed E-state index contributed by atoms with van der Waals surface area (Å²) in [6, 6.07) is 8.17. The van der Waals surface area contributed by atoms with Gasteiger partial charge in [0.25, 0.3) is 0 Å². The quantitative estimate of drug-likeness (QED) is 0.778. The molecule has 1 aromatic heterocycles. The van der Waals surface area contributed by atoms with Gasteiger partial charge in [-0.15, -0.1) is 10.2 Å². The van der Waals surface area contributed by atoms with Crippen molar-refractivity contribution in [2.75, 3.05) is 13.1 Å². The highest BCUT2D eigenvalue weighted by atomic mass is 16.4. The van der Waals surface area contributed by atoms with Crippen molar-refractivity contribution in [1.29, 1.82) is 0 Å². The van der Waals surface area contributed by atoms with Crippen LogP contribution in [0.15, 0.2) is 28.7 Å². The zero-order valence-corrected chi connectivity index (χ0v) is 12.9. The third-order valence-electron chi connectivity index (χ3n) is 3.84. The molecule has 0 bridgehead atoms. The molecular formula is C17H23N3O. The van der Waals surface area contributed by atoms with Gasteiger partial charge in [-0.25, -0.2) is 0 Å². The van der Waals surface area contributed by atoms with Gasteiger partial charge in [-0.2, -0.15) is 0 Å². The first-order chi connectivity index (χ1) is 10.2. The number of benzene rings is 1. The summed E-state index contributed by atoms with van der Waals surface area (Å²) in [7, 11) is 0. The first kappa shape index (κ1) is 14.3. The van der Waals surface area contributed by atoms with E-state index in [1.54, 1.807) is 0 Å². The molecule has 0 spiro atoms. The van der Waals surface area contributed by atoms with Crippen LogP contribution in [-0.4, -0.2) is 28.2 Å². The van der Waals surface area contributed by atoms with Gasteiger partial charge in [-0.05, 0) is 50.8 Å². The fourth-order valence-corrected chi connectivity index (χ4v) is 2.62. The Hall–Kier alpha value is -1.68. The molecule has 0 amide bonds. The standard InChI is InChI=1S/C17H23N3O/c1-3-9-20(11-14-7-8-14)12-16-18-19-17(21-16)15-6-4-5-13(2)10-15/h4-6,10,14H,3,7-9,11-12H2,1-2H3. The zero-order valence-electron chi connectivity index (χ0n) is 12.9. The van der Waals surface area contributed by atoms with Crippen molar-refractivity contribution < 1.29 is 4.42 Å². The summed E-state index contributed by atoms with van der Waals surface area (Å²) in [4.78, 5) is 2.44. The highest BCUT2D eigenvalue weighted by molar-refractivity contribution is 5.53. The second-order valence-corrected chi connectivity index (χ2v) is 6.05. The highest BCUT2D eigenvalue weighted by Gasteiger charge is 2.24. The van der Waals surface area contributed by atoms with Crippen LogP contribution in [0.3, 0.4) is 0 Å². The molecule has 0 N–H and O–H groups in total. The van der Waals surface area contributed by atoms with E-state index < -0.39 is 0 Å². The Morgan fingerprint density at radius 1 is 1.29 bits per heavy atom. The lowest BCUT2D eigenvalue weighted by Crippen LogP contribution is -2.26. The van der Waals surface area contributed by atoms with Crippen molar-refractivity contribution in [2.24, 2.45) is 5.92 Å². The van der Waals surface area contributed by atoms with E-state index in [-0.39, 0.29) is 0 Å². The second-order valence-electron chi connectivity index (χ2n) is 6.05. The van der Waals surface area contributed by atoms with Crippen molar-refractivity contribution in [2.45, 2.75) is 39.7 Å². The molecule has 4 nitrogen and oxygen atoms in total. The molecule has 3 rings (SSSR count). The Balaban J connectivity index is 1.68. The maximum atomic E-state index is 5.84. The topological polar surface area (TPSA) is 42.2 Å². The van der Waals surface area contributed by atoms with Crippen LogP contribution in [0.5, 0.6) is 0 Å². The number of aromatic nitrogens is 2. The average molecular weight is 285 g/mol. The first-order valence-electron chi connectivity index (χ1n) is 7.86. The Kier molecular flexibility index (Phi) is 4.34. The van der Waals surface area contributed by atoms with E-state index in [2.05, 4.69) is 41.1 Å². The second kappa shape index (κ2) is 6.39. The Morgan fingerprint density at radius 2 is 2.14 bits per heavy atom. The van der Waals surface area contributed by atoms with Gasteiger partial charge >= 0.3 is 0 Å². The lowest BCUT2D eigenvalue weighted by atomic mass is 10.1. The summed E-state index contributed by atoms with van der Waals surface area (Å²) in [5.74, 6) is 2.23. The van der Waals surface area contributed by atoms with Crippen molar-refractivity contribution in [3.63, 3.8) is 0 Å². The SMILES string of the molecule is CCCN(Cc1nnc(-c2cccc(C)c2)o1)CC1CC1. The summed E-state index contributed by atoms with van der Waals surface area (Å²) in [5, 5.41) is 8.41. The van der Waals surface area contributed by atoms with Crippen LogP contribution in [0, 0.1) is 12.8 Å². The van der Waals surface area contributed by atoms with Gasteiger partial charge in [-0.1, -0.05) is 24.6 Å². The van der Waals surface area contributed by atoms with E-state index in [0.717, 1.165) is 43.4 Å². The number of hydrogen-bond acceptors (Lipinski definition) is 4. The van der Waals surface area contributed by atoms with Gasteiger partial charge in [-0.3, -0.25) is 4.90 Å². The smallest absolute Gasteiger partial charge is 0.247 e. The highest BCUT2D eigenvalue weighted by Crippen LogP contribution is 2.30. The first-order valence-corrected chi connectivity index (χ1v) is 7.86. The van der Waals surface area contributed by atoms with Crippen LogP contribution in [0.25, 0.3) is 11.5 Å². The average Bonchev–Trinajstić information content (AvgIpc) is 3.15. The zero-order chi connectivity index (χ0) is 14.7. The molecule has 0 saturated heterocycles. The summed E-state index contributed by atoms with van der Waals surface area (Å²) < 4.78 is 5.84. The molecule has 21 heavy (non-hydrogen) atoms. The van der Waals surface area contributed by atoms with Crippen LogP contribution < -0.4 is 0 Å². The van der Waals surface area contributed by atoms with Crippen LogP contribution in [0.2, 0.25) is 0 Å². The van der Waals surface area contributed by atoms with E-state index in [4.69, 9.17) is 4.42 Å². The maximum absolute atomic E-state index is 5.84. The molecule has 0 unspecified atom stereocenters. The molecule has 2 aromatic rings. The number of aryl methyl sites for hydroxylation is 1. The minimum Gasteiger partial charge on any atom is -0.419 e. The predicted octanol–water partition coefficient (Wildman–Crippen LogP) is 3.67. The molecule has 1 fully saturated rings. The molecule has 0 radical (unpaired) electrons. The normalized spacial score (nSPS) is 14.8. The maximum Gasteiger partial charge on any atom is 0.247 e. The van der Waals surface area contributed by atoms with Crippen LogP contribution >= 0.6 is 0 Å². The largest absolute Gasteiger partial charge is 0.419 e. The molecule has 0 atom stereocenters. The van der Waals surface area contributed by atoms with E-state index in [1.807, 2.05) is 12.1 Å². The third kappa shape index (κ3) is 3.91. The molecule has 1 saturated carbocycles. The number of hydrogen-bond donors (Lipinski definition) is 0. The van der Waals surface area contributed by atoms with Crippen molar-refractivity contribution in [1.82, 2.24) is 15.1 Å². The summed E-state index contributed by atoms with van der Waals surface area (Å²) in [6.07, 6.45) is 3.91. The molecule has 1 aliphatic carbocycles. The summed E-state index contributed by atoms with van der Waals surface area (Å²) in [5.41, 5.74) is 2.20. The number of nitrogens with zero attached hydrogens (tertiary/aromatic N) is 3. The third-order valence-corrected chi connectivity index (χ3v) is 3.84. The lowest BCUT2D eigenvalue weighted by Gasteiger charge is -2.19. The molecule has 1 heterocycles. The molecule has 1 aliphatic rings. The van der Waals surface area contributed by atoms with Gasteiger partial charge < -0.3 is 4.42 Å². The van der Waals surface area contributed by atoms with Crippen molar-refractivity contribution >= 4 is 0 Å². The minimum atomic E-state index is 0.622. The molecule has 4 heteroatoms. The van der Waals surface area contributed by atoms with Crippen LogP contribution in [0.4, 0.5) is 0 Å². The summed E-state index contributed by atoms with van der Waals surface area (Å²) in [6.45, 7) is 7.31. The van der Waals surface area contributed by atoms with E-state index in [9.17, 15) is 0 Å². The van der Waals surface area contributed by atoms with Crippen molar-refractivity contribution in [3.05, 3.63) is 35.7 Å². The van der Waals surface area contributed by atoms with E-state index in [1.165, 1.54) is 18.4 Å². The van der Waals surface area contributed by atoms with E-state index >= 15 is 0 Å². The van der Waals surface area contributed by atoms with Gasteiger partial charge in [0, 0.05) is 12.1 Å². The molecular weight excluding hydrogens is 262 g/mol. The number of rotatable bonds is 7. The molecule has 112 valence electrons. The molecule has 0 aliphatic heterocycles. The lowest BCUT2D eigenvalue weighted by molar-refractivity contribution is 0.231. The van der Waals surface area contributed by atoms with E-state index in [0.29, 0.717) is 5.89 Å². The molecule has 1 aromatic carbocycles. The Morgan fingerprint density at radius 3 is 2.86 bits per heavy atom. The fourth-order valence-electron chi connectivity index (χ4n) is 2.62. The predicted molar refractivity (Wildman–Crippen MR) is 82.8 cm³/mol. The Labute approximate surface area is 126 Å². The summed E-state index contributed by atoms with van der Waals surface area (Å²) >= 11 is 0. The van der Waals surface area contributed by atoms with Gasteiger partial charge in [0.05, 0.1) is 6.54 Å². The Bertz CT molecular complexity index is 589. The van der Waals surface area contributed by atoms with Gasteiger partial charge in [0.1, 0.15) is 0 Å².